The van der Waals surface area contributed by atoms with E-state index in [0.29, 0.717) is 29.2 Å². The van der Waals surface area contributed by atoms with Gasteiger partial charge in [-0.05, 0) is 80.0 Å². The van der Waals surface area contributed by atoms with Crippen molar-refractivity contribution in [2.75, 3.05) is 11.4 Å². The van der Waals surface area contributed by atoms with Crippen LogP contribution in [0.4, 0.5) is 14.9 Å². The summed E-state index contributed by atoms with van der Waals surface area (Å²) in [7, 11) is 0. The van der Waals surface area contributed by atoms with Crippen molar-refractivity contribution in [3.8, 4) is 17.5 Å². The molecule has 0 bridgehead atoms. The minimum Gasteiger partial charge on any atom is -0.441 e. The molecule has 1 saturated heterocycles. The average Bonchev–Trinajstić information content (AvgIpc) is 3.43. The maximum atomic E-state index is 13.3. The predicted molar refractivity (Wildman–Crippen MR) is 140 cm³/mol. The summed E-state index contributed by atoms with van der Waals surface area (Å²) in [5.74, 6) is -0.403. The Hall–Kier alpha value is -4.32. The molecule has 1 spiro atoms. The molecule has 2 atom stereocenters. The molecule has 2 fully saturated rings. The third-order valence-electron chi connectivity index (χ3n) is 7.80. The van der Waals surface area contributed by atoms with Gasteiger partial charge >= 0.3 is 6.09 Å². The lowest BCUT2D eigenvalue weighted by Crippen LogP contribution is -2.45. The second kappa shape index (κ2) is 8.91. The molecule has 2 aliphatic rings. The standard InChI is InChI=1S/C29H27FN6O2/c1-19-10-24(22-7-5-21(30)13-32-22)33-14-26(19)36-17-29(38-27(36)37)9-3-8-28(2,15-29)16-35-18-34-23-6-4-20(12-31)11-25(23)35/h4-7,10-11,13-14,18H,3,8-9,15-17H2,1-2H3/t28-,29?/m0/s1. The molecular weight excluding hydrogens is 483 g/mol. The average molecular weight is 511 g/mol. The number of hydrogen-bond acceptors (Lipinski definition) is 6. The van der Waals surface area contributed by atoms with E-state index in [1.54, 1.807) is 23.2 Å². The van der Waals surface area contributed by atoms with Crippen molar-refractivity contribution in [3.63, 3.8) is 0 Å². The molecule has 0 radical (unpaired) electrons. The molecule has 4 heterocycles. The highest BCUT2D eigenvalue weighted by atomic mass is 19.1. The number of rotatable bonds is 4. The van der Waals surface area contributed by atoms with Crippen molar-refractivity contribution in [3.05, 3.63) is 72.1 Å². The smallest absolute Gasteiger partial charge is 0.415 e. The Labute approximate surface area is 219 Å². The fourth-order valence-electron chi connectivity index (χ4n) is 6.12. The monoisotopic (exact) mass is 510 g/mol. The van der Waals surface area contributed by atoms with Gasteiger partial charge in [-0.3, -0.25) is 14.9 Å². The van der Waals surface area contributed by atoms with E-state index in [-0.39, 0.29) is 11.5 Å². The van der Waals surface area contributed by atoms with Crippen LogP contribution in [0.1, 0.15) is 43.7 Å². The lowest BCUT2D eigenvalue weighted by molar-refractivity contribution is -0.0264. The largest absolute Gasteiger partial charge is 0.441 e. The van der Waals surface area contributed by atoms with Crippen LogP contribution in [0.3, 0.4) is 0 Å². The zero-order valence-electron chi connectivity index (χ0n) is 21.3. The number of carbonyl (C=O) groups is 1. The van der Waals surface area contributed by atoms with Gasteiger partial charge in [-0.25, -0.2) is 14.2 Å². The summed E-state index contributed by atoms with van der Waals surface area (Å²) in [6.45, 7) is 5.34. The third-order valence-corrected chi connectivity index (χ3v) is 7.80. The summed E-state index contributed by atoms with van der Waals surface area (Å²) in [4.78, 5) is 28.0. The number of hydrogen-bond donors (Lipinski definition) is 0. The van der Waals surface area contributed by atoms with Crippen LogP contribution in [0, 0.1) is 29.5 Å². The first kappa shape index (κ1) is 24.0. The van der Waals surface area contributed by atoms with E-state index in [9.17, 15) is 14.4 Å². The van der Waals surface area contributed by atoms with Gasteiger partial charge in [0.1, 0.15) is 11.4 Å². The van der Waals surface area contributed by atoms with Gasteiger partial charge in [0.2, 0.25) is 0 Å². The van der Waals surface area contributed by atoms with Gasteiger partial charge in [0.25, 0.3) is 0 Å². The van der Waals surface area contributed by atoms with Gasteiger partial charge in [0.15, 0.2) is 0 Å². The summed E-state index contributed by atoms with van der Waals surface area (Å²) in [6.07, 6.45) is 7.78. The van der Waals surface area contributed by atoms with Gasteiger partial charge in [-0.1, -0.05) is 6.92 Å². The number of nitrogens with zero attached hydrogens (tertiary/aromatic N) is 6. The number of nitriles is 1. The van der Waals surface area contributed by atoms with Crippen molar-refractivity contribution in [1.82, 2.24) is 19.5 Å². The lowest BCUT2D eigenvalue weighted by Gasteiger charge is -2.43. The summed E-state index contributed by atoms with van der Waals surface area (Å²) in [5, 5.41) is 9.33. The highest BCUT2D eigenvalue weighted by Gasteiger charge is 2.52. The first-order valence-corrected chi connectivity index (χ1v) is 12.7. The van der Waals surface area contributed by atoms with E-state index >= 15 is 0 Å². The number of benzene rings is 1. The minimum atomic E-state index is -0.581. The SMILES string of the molecule is Cc1cc(-c2ccc(F)cn2)ncc1N1CC2(CCC[C@](C)(Cn3cnc4ccc(C#N)cc43)C2)OC1=O. The van der Waals surface area contributed by atoms with Gasteiger partial charge in [0, 0.05) is 6.54 Å². The fraction of sp³-hybridized carbons (Fsp3) is 0.345. The van der Waals surface area contributed by atoms with Crippen LogP contribution in [-0.2, 0) is 11.3 Å². The second-order valence-electron chi connectivity index (χ2n) is 10.9. The number of pyridine rings is 2. The van der Waals surface area contributed by atoms with Gasteiger partial charge < -0.3 is 9.30 Å². The Morgan fingerprint density at radius 2 is 1.95 bits per heavy atom. The third kappa shape index (κ3) is 4.26. The Kier molecular flexibility index (Phi) is 5.64. The summed E-state index contributed by atoms with van der Waals surface area (Å²) < 4.78 is 21.5. The molecular formula is C29H27FN6O2. The van der Waals surface area contributed by atoms with Gasteiger partial charge in [-0.15, -0.1) is 0 Å². The maximum absolute atomic E-state index is 13.3. The topological polar surface area (TPSA) is 96.9 Å². The summed E-state index contributed by atoms with van der Waals surface area (Å²) in [6, 6.07) is 12.5. The number of amides is 1. The molecule has 0 N–H and O–H groups in total. The molecule has 9 heteroatoms. The number of fused-ring (bicyclic) bond motifs is 1. The molecule has 38 heavy (non-hydrogen) atoms. The number of anilines is 1. The van der Waals surface area contributed by atoms with Crippen LogP contribution in [0.15, 0.2) is 55.1 Å². The normalized spacial score (nSPS) is 23.1. The molecule has 1 amide bonds. The quantitative estimate of drug-likeness (QED) is 0.345. The fourth-order valence-corrected chi connectivity index (χ4v) is 6.12. The molecule has 6 rings (SSSR count). The summed E-state index contributed by atoms with van der Waals surface area (Å²) in [5.41, 5.74) is 4.46. The molecule has 1 saturated carbocycles. The lowest BCUT2D eigenvalue weighted by atomic mass is 9.68. The number of halogens is 1. The molecule has 3 aromatic heterocycles. The Bertz CT molecular complexity index is 1590. The highest BCUT2D eigenvalue weighted by Crippen LogP contribution is 2.48. The van der Waals surface area contributed by atoms with E-state index in [0.717, 1.165) is 55.0 Å². The molecule has 1 aliphatic carbocycles. The van der Waals surface area contributed by atoms with Crippen LogP contribution in [0.2, 0.25) is 0 Å². The molecule has 1 unspecified atom stereocenters. The van der Waals surface area contributed by atoms with Crippen molar-refractivity contribution in [2.24, 2.45) is 5.41 Å². The zero-order valence-corrected chi connectivity index (χ0v) is 21.3. The molecule has 8 nitrogen and oxygen atoms in total. The first-order valence-electron chi connectivity index (χ1n) is 12.7. The van der Waals surface area contributed by atoms with Crippen LogP contribution in [0.25, 0.3) is 22.4 Å². The van der Waals surface area contributed by atoms with Crippen LogP contribution < -0.4 is 4.90 Å². The summed E-state index contributed by atoms with van der Waals surface area (Å²) >= 11 is 0. The zero-order chi connectivity index (χ0) is 26.5. The van der Waals surface area contributed by atoms with Crippen LogP contribution >= 0.6 is 0 Å². The number of aryl methyl sites for hydroxylation is 1. The van der Waals surface area contributed by atoms with Crippen molar-refractivity contribution in [2.45, 2.75) is 51.7 Å². The van der Waals surface area contributed by atoms with E-state index in [1.807, 2.05) is 31.5 Å². The van der Waals surface area contributed by atoms with Crippen molar-refractivity contribution in [1.29, 1.82) is 5.26 Å². The molecule has 1 aromatic carbocycles. The highest BCUT2D eigenvalue weighted by molar-refractivity contribution is 5.91. The Morgan fingerprint density at radius 3 is 2.71 bits per heavy atom. The second-order valence-corrected chi connectivity index (χ2v) is 10.9. The predicted octanol–water partition coefficient (Wildman–Crippen LogP) is 5.79. The Balaban J connectivity index is 1.23. The minimum absolute atomic E-state index is 0.115. The first-order chi connectivity index (χ1) is 18.3. The van der Waals surface area contributed by atoms with Gasteiger partial charge in [0.05, 0.1) is 65.0 Å². The van der Waals surface area contributed by atoms with Crippen molar-refractivity contribution < 1.29 is 13.9 Å². The van der Waals surface area contributed by atoms with Crippen molar-refractivity contribution >= 4 is 22.8 Å². The number of ether oxygens (including phenoxy) is 1. The maximum Gasteiger partial charge on any atom is 0.415 e. The number of aromatic nitrogens is 4. The van der Waals surface area contributed by atoms with Crippen LogP contribution in [-0.4, -0.2) is 37.8 Å². The Morgan fingerprint density at radius 1 is 1.11 bits per heavy atom. The number of imidazole rings is 1. The molecule has 192 valence electrons. The van der Waals surface area contributed by atoms with E-state index in [2.05, 4.69) is 32.5 Å². The number of carbonyl (C=O) groups excluding carboxylic acids is 1. The van der Waals surface area contributed by atoms with E-state index in [4.69, 9.17) is 4.74 Å². The molecule has 4 aromatic rings. The van der Waals surface area contributed by atoms with E-state index in [1.165, 1.54) is 6.07 Å². The van der Waals surface area contributed by atoms with E-state index < -0.39 is 11.4 Å². The van der Waals surface area contributed by atoms with Crippen LogP contribution in [0.5, 0.6) is 0 Å². The van der Waals surface area contributed by atoms with Gasteiger partial charge in [-0.2, -0.15) is 5.26 Å². The molecule has 1 aliphatic heterocycles.